The van der Waals surface area contributed by atoms with Crippen molar-refractivity contribution in [2.75, 3.05) is 6.61 Å². The largest absolute Gasteiger partial charge is 0.488 e. The number of allylic oxidation sites excluding steroid dienone is 1. The van der Waals surface area contributed by atoms with E-state index in [0.717, 1.165) is 22.1 Å². The van der Waals surface area contributed by atoms with Crippen LogP contribution in [0.3, 0.4) is 0 Å². The molecule has 0 aliphatic rings. The van der Waals surface area contributed by atoms with Gasteiger partial charge >= 0.3 is 5.97 Å². The van der Waals surface area contributed by atoms with Gasteiger partial charge in [-0.25, -0.2) is 9.18 Å². The predicted octanol–water partition coefficient (Wildman–Crippen LogP) is 6.69. The lowest BCUT2D eigenvalue weighted by Crippen LogP contribution is -2.06. The molecular formula is C31H23FN2O4S. The standard InChI is InChI=1S/C31H23FN2O4S/c1-3-37-31(36)30-19(2)25(17-34)29(39-30)15-27(35)22(16-33)14-24-23-10-6-4-8-20(23)12-13-28(24)38-18-21-9-5-7-11-26(21)32/h4-14H,3,15,18H2,1-2H3/b22-14+. The lowest BCUT2D eigenvalue weighted by molar-refractivity contribution is -0.114. The Hall–Kier alpha value is -4.79. The van der Waals surface area contributed by atoms with Gasteiger partial charge in [-0.05, 0) is 48.4 Å². The van der Waals surface area contributed by atoms with Gasteiger partial charge in [0.05, 0.1) is 17.7 Å². The summed E-state index contributed by atoms with van der Waals surface area (Å²) in [4.78, 5) is 26.3. The highest BCUT2D eigenvalue weighted by atomic mass is 32.1. The number of hydrogen-bond donors (Lipinski definition) is 0. The number of fused-ring (bicyclic) bond motifs is 1. The Labute approximate surface area is 229 Å². The summed E-state index contributed by atoms with van der Waals surface area (Å²) in [5, 5.41) is 21.2. The number of carbonyl (C=O) groups excluding carboxylic acids is 2. The molecule has 0 amide bonds. The van der Waals surface area contributed by atoms with Crippen LogP contribution in [0.5, 0.6) is 5.75 Å². The second kappa shape index (κ2) is 12.2. The first-order valence-electron chi connectivity index (χ1n) is 12.1. The van der Waals surface area contributed by atoms with Gasteiger partial charge in [-0.15, -0.1) is 11.3 Å². The quantitative estimate of drug-likeness (QED) is 0.134. The molecule has 6 nitrogen and oxygen atoms in total. The molecule has 0 fully saturated rings. The molecule has 1 aromatic heterocycles. The Kier molecular flexibility index (Phi) is 8.50. The molecule has 0 atom stereocenters. The van der Waals surface area contributed by atoms with E-state index in [2.05, 4.69) is 6.07 Å². The van der Waals surface area contributed by atoms with Gasteiger partial charge in [0.1, 0.15) is 35.2 Å². The van der Waals surface area contributed by atoms with Crippen LogP contribution < -0.4 is 4.74 Å². The van der Waals surface area contributed by atoms with E-state index in [1.54, 1.807) is 38.1 Å². The second-order valence-corrected chi connectivity index (χ2v) is 9.64. The molecule has 0 aliphatic heterocycles. The van der Waals surface area contributed by atoms with Gasteiger partial charge in [0.15, 0.2) is 5.78 Å². The van der Waals surface area contributed by atoms with Crippen LogP contribution in [-0.4, -0.2) is 18.4 Å². The molecule has 8 heteroatoms. The van der Waals surface area contributed by atoms with Crippen molar-refractivity contribution in [2.45, 2.75) is 26.9 Å². The lowest BCUT2D eigenvalue weighted by atomic mass is 9.98. The molecule has 39 heavy (non-hydrogen) atoms. The Morgan fingerprint density at radius 1 is 1.05 bits per heavy atom. The summed E-state index contributed by atoms with van der Waals surface area (Å²) in [6.45, 7) is 3.45. The minimum atomic E-state index is -0.557. The molecular weight excluding hydrogens is 515 g/mol. The van der Waals surface area contributed by atoms with Crippen molar-refractivity contribution in [3.8, 4) is 17.9 Å². The topological polar surface area (TPSA) is 100 Å². The summed E-state index contributed by atoms with van der Waals surface area (Å²) < 4.78 is 25.2. The summed E-state index contributed by atoms with van der Waals surface area (Å²) in [7, 11) is 0. The van der Waals surface area contributed by atoms with Crippen molar-refractivity contribution in [1.82, 2.24) is 0 Å². The number of benzene rings is 3. The molecule has 0 spiro atoms. The maximum Gasteiger partial charge on any atom is 0.348 e. The van der Waals surface area contributed by atoms with Crippen LogP contribution in [0.4, 0.5) is 4.39 Å². The molecule has 0 unspecified atom stereocenters. The number of ether oxygens (including phenoxy) is 2. The zero-order valence-electron chi connectivity index (χ0n) is 21.3. The fourth-order valence-electron chi connectivity index (χ4n) is 4.12. The Morgan fingerprint density at radius 3 is 2.51 bits per heavy atom. The third-order valence-electron chi connectivity index (χ3n) is 6.09. The van der Waals surface area contributed by atoms with Crippen LogP contribution in [0.2, 0.25) is 0 Å². The van der Waals surface area contributed by atoms with Crippen molar-refractivity contribution < 1.29 is 23.5 Å². The Bertz CT molecular complexity index is 1690. The van der Waals surface area contributed by atoms with E-state index in [9.17, 15) is 24.5 Å². The SMILES string of the molecule is CCOC(=O)c1sc(CC(=O)/C(C#N)=C/c2c(OCc3ccccc3F)ccc3ccccc23)c(C#N)c1C. The number of halogens is 1. The number of nitriles is 2. The summed E-state index contributed by atoms with van der Waals surface area (Å²) in [6, 6.07) is 21.3. The first kappa shape index (κ1) is 27.3. The van der Waals surface area contributed by atoms with Gasteiger partial charge in [0.2, 0.25) is 0 Å². The molecule has 0 bridgehead atoms. The summed E-state index contributed by atoms with van der Waals surface area (Å²) in [6.07, 6.45) is 1.23. The third-order valence-corrected chi connectivity index (χ3v) is 7.37. The molecule has 0 saturated carbocycles. The van der Waals surface area contributed by atoms with E-state index >= 15 is 0 Å². The highest BCUT2D eigenvalue weighted by Crippen LogP contribution is 2.33. The number of thiophene rings is 1. The minimum Gasteiger partial charge on any atom is -0.488 e. The second-order valence-electron chi connectivity index (χ2n) is 8.53. The van der Waals surface area contributed by atoms with Gasteiger partial charge in [-0.2, -0.15) is 10.5 Å². The number of hydrogen-bond acceptors (Lipinski definition) is 7. The van der Waals surface area contributed by atoms with Crippen LogP contribution in [-0.2, 0) is 22.6 Å². The fraction of sp³-hybridized carbons (Fsp3) is 0.161. The summed E-state index contributed by atoms with van der Waals surface area (Å²) >= 11 is 1.02. The number of rotatable bonds is 9. The Morgan fingerprint density at radius 2 is 1.79 bits per heavy atom. The first-order chi connectivity index (χ1) is 18.9. The van der Waals surface area contributed by atoms with Crippen molar-refractivity contribution in [3.05, 3.63) is 104 Å². The summed E-state index contributed by atoms with van der Waals surface area (Å²) in [5.41, 5.74) is 1.41. The highest BCUT2D eigenvalue weighted by Gasteiger charge is 2.24. The molecule has 0 saturated heterocycles. The Balaban J connectivity index is 1.71. The van der Waals surface area contributed by atoms with E-state index in [0.29, 0.717) is 27.3 Å². The number of nitrogens with zero attached hydrogens (tertiary/aromatic N) is 2. The van der Waals surface area contributed by atoms with Crippen molar-refractivity contribution >= 4 is 39.9 Å². The van der Waals surface area contributed by atoms with Gasteiger partial charge in [-0.3, -0.25) is 4.79 Å². The summed E-state index contributed by atoms with van der Waals surface area (Å²) in [5.74, 6) is -1.09. The van der Waals surface area contributed by atoms with E-state index in [1.165, 1.54) is 12.1 Å². The van der Waals surface area contributed by atoms with Gasteiger partial charge < -0.3 is 9.47 Å². The van der Waals surface area contributed by atoms with Crippen molar-refractivity contribution in [2.24, 2.45) is 0 Å². The maximum absolute atomic E-state index is 14.2. The number of Topliss-reactive ketones (excluding diaryl/α,β-unsaturated/α-hetero) is 1. The maximum atomic E-state index is 14.2. The zero-order chi connectivity index (χ0) is 27.9. The third kappa shape index (κ3) is 5.87. The molecule has 4 aromatic rings. The highest BCUT2D eigenvalue weighted by molar-refractivity contribution is 7.14. The van der Waals surface area contributed by atoms with Crippen molar-refractivity contribution in [1.29, 1.82) is 10.5 Å². The first-order valence-corrected chi connectivity index (χ1v) is 12.9. The molecule has 0 radical (unpaired) electrons. The molecule has 194 valence electrons. The number of esters is 1. The number of carbonyl (C=O) groups is 2. The van der Waals surface area contributed by atoms with Gasteiger partial charge in [0, 0.05) is 22.4 Å². The lowest BCUT2D eigenvalue weighted by Gasteiger charge is -2.13. The predicted molar refractivity (Wildman–Crippen MR) is 147 cm³/mol. The molecule has 1 heterocycles. The van der Waals surface area contributed by atoms with Gasteiger partial charge in [-0.1, -0.05) is 48.5 Å². The van der Waals surface area contributed by atoms with Crippen LogP contribution >= 0.6 is 11.3 Å². The average molecular weight is 539 g/mol. The fourth-order valence-corrected chi connectivity index (χ4v) is 5.27. The van der Waals surface area contributed by atoms with Crippen LogP contribution in [0.15, 0.2) is 66.2 Å². The van der Waals surface area contributed by atoms with E-state index in [4.69, 9.17) is 9.47 Å². The zero-order valence-corrected chi connectivity index (χ0v) is 22.1. The molecule has 0 aliphatic carbocycles. The normalized spacial score (nSPS) is 11.1. The minimum absolute atomic E-state index is 0.0433. The van der Waals surface area contributed by atoms with Crippen LogP contribution in [0.25, 0.3) is 16.8 Å². The average Bonchev–Trinajstić information content (AvgIpc) is 3.26. The molecule has 0 N–H and O–H groups in total. The van der Waals surface area contributed by atoms with Crippen molar-refractivity contribution in [3.63, 3.8) is 0 Å². The molecule has 3 aromatic carbocycles. The molecule has 4 rings (SSSR count). The monoisotopic (exact) mass is 538 g/mol. The van der Waals surface area contributed by atoms with Crippen LogP contribution in [0.1, 0.15) is 43.7 Å². The number of ketones is 1. The van der Waals surface area contributed by atoms with E-state index < -0.39 is 17.6 Å². The van der Waals surface area contributed by atoms with Crippen LogP contribution in [0, 0.1) is 35.4 Å². The van der Waals surface area contributed by atoms with E-state index in [1.807, 2.05) is 36.4 Å². The van der Waals surface area contributed by atoms with Gasteiger partial charge in [0.25, 0.3) is 0 Å². The smallest absolute Gasteiger partial charge is 0.348 e. The van der Waals surface area contributed by atoms with E-state index in [-0.39, 0.29) is 35.6 Å².